The van der Waals surface area contributed by atoms with Crippen LogP contribution >= 0.6 is 0 Å². The minimum atomic E-state index is -0.412. The Morgan fingerprint density at radius 3 is 2.56 bits per heavy atom. The summed E-state index contributed by atoms with van der Waals surface area (Å²) in [4.78, 5) is 26.2. The van der Waals surface area contributed by atoms with Crippen LogP contribution < -0.4 is 10.2 Å². The van der Waals surface area contributed by atoms with Crippen molar-refractivity contribution in [3.8, 4) is 0 Å². The van der Waals surface area contributed by atoms with E-state index < -0.39 is 10.8 Å². The van der Waals surface area contributed by atoms with Gasteiger partial charge in [0.2, 0.25) is 0 Å². The van der Waals surface area contributed by atoms with E-state index >= 15 is 0 Å². The normalized spacial score (nSPS) is 14.7. The van der Waals surface area contributed by atoms with Gasteiger partial charge in [-0.15, -0.1) is 0 Å². The van der Waals surface area contributed by atoms with E-state index in [1.807, 2.05) is 35.2 Å². The van der Waals surface area contributed by atoms with Gasteiger partial charge >= 0.3 is 0 Å². The second kappa shape index (κ2) is 8.00. The number of carbonyl (C=O) groups excluding carboxylic acids is 1. The summed E-state index contributed by atoms with van der Waals surface area (Å²) < 4.78 is 5.88. The first-order chi connectivity index (χ1) is 15.5. The fourth-order valence-electron chi connectivity index (χ4n) is 4.33. The lowest BCUT2D eigenvalue weighted by Crippen LogP contribution is -2.33. The number of para-hydroxylation sites is 1. The van der Waals surface area contributed by atoms with Crippen molar-refractivity contribution in [3.63, 3.8) is 0 Å². The summed E-state index contributed by atoms with van der Waals surface area (Å²) in [6, 6.07) is 17.9. The molecule has 0 radical (unpaired) electrons. The Morgan fingerprint density at radius 2 is 1.78 bits per heavy atom. The predicted molar refractivity (Wildman–Crippen MR) is 125 cm³/mol. The summed E-state index contributed by atoms with van der Waals surface area (Å²) in [5.74, 6) is 0.224. The number of nitro groups is 1. The number of benzene rings is 3. The van der Waals surface area contributed by atoms with Crippen molar-refractivity contribution in [2.75, 3.05) is 23.3 Å². The van der Waals surface area contributed by atoms with E-state index in [0.29, 0.717) is 22.9 Å². The zero-order valence-corrected chi connectivity index (χ0v) is 17.7. The van der Waals surface area contributed by atoms with Crippen LogP contribution in [0.4, 0.5) is 17.1 Å². The molecule has 1 amide bonds. The first-order valence-corrected chi connectivity index (χ1v) is 10.8. The van der Waals surface area contributed by atoms with Crippen LogP contribution in [0.2, 0.25) is 0 Å². The molecule has 162 valence electrons. The number of anilines is 2. The van der Waals surface area contributed by atoms with E-state index in [9.17, 15) is 14.9 Å². The lowest BCUT2D eigenvalue weighted by Gasteiger charge is -2.31. The second-order valence-electron chi connectivity index (χ2n) is 8.39. The van der Waals surface area contributed by atoms with Gasteiger partial charge in [0.15, 0.2) is 0 Å². The highest BCUT2D eigenvalue weighted by Gasteiger charge is 2.25. The van der Waals surface area contributed by atoms with E-state index in [1.165, 1.54) is 6.07 Å². The zero-order chi connectivity index (χ0) is 22.2. The first kappa shape index (κ1) is 20.1. The third-order valence-electron chi connectivity index (χ3n) is 6.20. The molecule has 7 nitrogen and oxygen atoms in total. The number of nitrogens with zero attached hydrogens (tertiary/aromatic N) is 2. The molecule has 32 heavy (non-hydrogen) atoms. The summed E-state index contributed by atoms with van der Waals surface area (Å²) in [5, 5.41) is 16.5. The third kappa shape index (κ3) is 3.66. The van der Waals surface area contributed by atoms with Crippen molar-refractivity contribution >= 4 is 44.9 Å². The molecule has 0 spiro atoms. The second-order valence-corrected chi connectivity index (χ2v) is 8.39. The van der Waals surface area contributed by atoms with E-state index in [-0.39, 0.29) is 11.3 Å². The number of fused-ring (bicyclic) bond motifs is 3. The molecule has 1 fully saturated rings. The predicted octanol–water partition coefficient (Wildman–Crippen LogP) is 5.98. The molecule has 4 aromatic rings. The summed E-state index contributed by atoms with van der Waals surface area (Å²) in [7, 11) is 0. The molecule has 2 heterocycles. The number of nitro benzene ring substituents is 1. The van der Waals surface area contributed by atoms with E-state index in [4.69, 9.17) is 4.42 Å². The maximum absolute atomic E-state index is 12.8. The van der Waals surface area contributed by atoms with Gasteiger partial charge in [-0.3, -0.25) is 14.9 Å². The lowest BCUT2D eigenvalue weighted by molar-refractivity contribution is -0.384. The van der Waals surface area contributed by atoms with Crippen molar-refractivity contribution in [1.82, 2.24) is 0 Å². The minimum Gasteiger partial charge on any atom is -0.456 e. The van der Waals surface area contributed by atoms with Gasteiger partial charge in [-0.2, -0.15) is 0 Å². The Morgan fingerprint density at radius 1 is 1.03 bits per heavy atom. The average molecular weight is 429 g/mol. The molecule has 5 rings (SSSR count). The number of hydrogen-bond acceptors (Lipinski definition) is 5. The van der Waals surface area contributed by atoms with Crippen molar-refractivity contribution in [3.05, 3.63) is 76.3 Å². The quantitative estimate of drug-likeness (QED) is 0.318. The van der Waals surface area contributed by atoms with Crippen LogP contribution in [0.15, 0.2) is 65.1 Å². The third-order valence-corrected chi connectivity index (χ3v) is 6.20. The minimum absolute atomic E-state index is 0.0417. The maximum atomic E-state index is 12.8. The fourth-order valence-corrected chi connectivity index (χ4v) is 4.33. The molecule has 1 aliphatic rings. The molecular formula is C25H23N3O4. The molecule has 7 heteroatoms. The maximum Gasteiger partial charge on any atom is 0.293 e. The van der Waals surface area contributed by atoms with Crippen LogP contribution in [0.3, 0.4) is 0 Å². The van der Waals surface area contributed by atoms with Gasteiger partial charge in [0.1, 0.15) is 16.9 Å². The molecule has 0 atom stereocenters. The van der Waals surface area contributed by atoms with Crippen molar-refractivity contribution in [2.45, 2.75) is 19.8 Å². The van der Waals surface area contributed by atoms with Gasteiger partial charge in [-0.1, -0.05) is 25.1 Å². The highest BCUT2D eigenvalue weighted by Crippen LogP contribution is 2.33. The standard InChI is InChI=1S/C25H23N3O4/c1-16-10-12-27(13-11-16)21-9-6-17(14-22(21)28(30)31)25(29)26-18-7-8-20-19-4-2-3-5-23(19)32-24(20)15-18/h2-9,14-16H,10-13H2,1H3,(H,26,29). The van der Waals surface area contributed by atoms with Crippen LogP contribution in [0.5, 0.6) is 0 Å². The zero-order valence-electron chi connectivity index (χ0n) is 17.7. The number of amides is 1. The summed E-state index contributed by atoms with van der Waals surface area (Å²) in [6.07, 6.45) is 2.01. The van der Waals surface area contributed by atoms with Crippen LogP contribution in [-0.2, 0) is 0 Å². The van der Waals surface area contributed by atoms with Crippen molar-refractivity contribution in [1.29, 1.82) is 0 Å². The lowest BCUT2D eigenvalue weighted by atomic mass is 9.98. The number of hydrogen-bond donors (Lipinski definition) is 1. The Hall–Kier alpha value is -3.87. The molecule has 1 aliphatic heterocycles. The molecule has 3 aromatic carbocycles. The molecule has 0 saturated carbocycles. The smallest absolute Gasteiger partial charge is 0.293 e. The number of nitrogens with one attached hydrogen (secondary N) is 1. The van der Waals surface area contributed by atoms with Crippen LogP contribution in [0, 0.1) is 16.0 Å². The number of furan rings is 1. The number of carbonyl (C=O) groups is 1. The van der Waals surface area contributed by atoms with Crippen molar-refractivity contribution < 1.29 is 14.1 Å². The number of piperidine rings is 1. The van der Waals surface area contributed by atoms with Crippen LogP contribution in [0.25, 0.3) is 21.9 Å². The van der Waals surface area contributed by atoms with Crippen LogP contribution in [0.1, 0.15) is 30.1 Å². The van der Waals surface area contributed by atoms with Gasteiger partial charge in [0.25, 0.3) is 11.6 Å². The van der Waals surface area contributed by atoms with Gasteiger partial charge in [0.05, 0.1) is 4.92 Å². The topological polar surface area (TPSA) is 88.6 Å². The highest BCUT2D eigenvalue weighted by atomic mass is 16.6. The van der Waals surface area contributed by atoms with Gasteiger partial charge < -0.3 is 14.6 Å². The molecule has 1 aromatic heterocycles. The molecule has 0 aliphatic carbocycles. The van der Waals surface area contributed by atoms with E-state index in [2.05, 4.69) is 12.2 Å². The van der Waals surface area contributed by atoms with E-state index in [0.717, 1.165) is 42.3 Å². The molecule has 0 unspecified atom stereocenters. The van der Waals surface area contributed by atoms with Gasteiger partial charge in [-0.25, -0.2) is 0 Å². The molecular weight excluding hydrogens is 406 g/mol. The van der Waals surface area contributed by atoms with Crippen molar-refractivity contribution in [2.24, 2.45) is 5.92 Å². The summed E-state index contributed by atoms with van der Waals surface area (Å²) in [5.41, 5.74) is 2.80. The Labute approximate surface area is 184 Å². The Bertz CT molecular complexity index is 1340. The van der Waals surface area contributed by atoms with E-state index in [1.54, 1.807) is 24.3 Å². The molecule has 1 saturated heterocycles. The molecule has 0 bridgehead atoms. The highest BCUT2D eigenvalue weighted by molar-refractivity contribution is 6.08. The van der Waals surface area contributed by atoms with Gasteiger partial charge in [0, 0.05) is 47.2 Å². The first-order valence-electron chi connectivity index (χ1n) is 10.8. The SMILES string of the molecule is CC1CCN(c2ccc(C(=O)Nc3ccc4c(c3)oc3ccccc34)cc2[N+](=O)[O-])CC1. The molecule has 1 N–H and O–H groups in total. The Kier molecular flexibility index (Phi) is 5.01. The summed E-state index contributed by atoms with van der Waals surface area (Å²) >= 11 is 0. The summed E-state index contributed by atoms with van der Waals surface area (Å²) in [6.45, 7) is 3.76. The fraction of sp³-hybridized carbons (Fsp3) is 0.240. The Balaban J connectivity index is 1.41. The monoisotopic (exact) mass is 429 g/mol. The largest absolute Gasteiger partial charge is 0.456 e. The average Bonchev–Trinajstić information content (AvgIpc) is 3.17. The van der Waals surface area contributed by atoms with Gasteiger partial charge in [-0.05, 0) is 49.1 Å². The number of rotatable bonds is 4. The van der Waals surface area contributed by atoms with Crippen LogP contribution in [-0.4, -0.2) is 23.9 Å².